The molecule has 0 unspecified atom stereocenters. The Balaban J connectivity index is 1.75. The van der Waals surface area contributed by atoms with Gasteiger partial charge in [0.05, 0.1) is 0 Å². The molecular weight excluding hydrogens is 258 g/mol. The van der Waals surface area contributed by atoms with Crippen LogP contribution in [0, 0.1) is 0 Å². The van der Waals surface area contributed by atoms with Crippen molar-refractivity contribution in [3.63, 3.8) is 0 Å². The topological polar surface area (TPSA) is 22.1 Å². The van der Waals surface area contributed by atoms with Gasteiger partial charge in [-0.25, -0.2) is 4.98 Å². The minimum Gasteiger partial charge on any atom is -0.439 e. The van der Waals surface area contributed by atoms with E-state index in [0.29, 0.717) is 5.88 Å². The van der Waals surface area contributed by atoms with Crippen LogP contribution >= 0.6 is 0 Å². The number of nitrogens with zero attached hydrogens (tertiary/aromatic N) is 1. The monoisotopic (exact) mass is 275 g/mol. The highest BCUT2D eigenvalue weighted by Gasteiger charge is 2.01. The first kappa shape index (κ1) is 13.4. The van der Waals surface area contributed by atoms with Crippen LogP contribution in [0.5, 0.6) is 11.6 Å². The Morgan fingerprint density at radius 2 is 1.52 bits per heavy atom. The van der Waals surface area contributed by atoms with Crippen LogP contribution < -0.4 is 4.74 Å². The molecule has 2 nitrogen and oxygen atoms in total. The Kier molecular flexibility index (Phi) is 3.97. The maximum atomic E-state index is 5.76. The van der Waals surface area contributed by atoms with E-state index in [1.807, 2.05) is 48.7 Å². The molecule has 2 aromatic carbocycles. The van der Waals surface area contributed by atoms with Crippen LogP contribution in [-0.4, -0.2) is 4.98 Å². The quantitative estimate of drug-likeness (QED) is 0.660. The molecular formula is C19H17NO. The van der Waals surface area contributed by atoms with E-state index in [2.05, 4.69) is 36.2 Å². The van der Waals surface area contributed by atoms with Gasteiger partial charge in [0.1, 0.15) is 5.75 Å². The average Bonchev–Trinajstić information content (AvgIpc) is 2.57. The Hall–Kier alpha value is -2.61. The summed E-state index contributed by atoms with van der Waals surface area (Å²) in [7, 11) is 0. The van der Waals surface area contributed by atoms with Crippen molar-refractivity contribution >= 4 is 0 Å². The summed E-state index contributed by atoms with van der Waals surface area (Å²) in [6.45, 7) is 2.11. The van der Waals surface area contributed by atoms with E-state index in [-0.39, 0.29) is 0 Å². The average molecular weight is 275 g/mol. The lowest BCUT2D eigenvalue weighted by Gasteiger charge is -2.06. The van der Waals surface area contributed by atoms with Gasteiger partial charge in [-0.15, -0.1) is 0 Å². The van der Waals surface area contributed by atoms with Crippen LogP contribution in [0.4, 0.5) is 0 Å². The molecule has 0 saturated carbocycles. The molecule has 0 bridgehead atoms. The summed E-state index contributed by atoms with van der Waals surface area (Å²) in [6, 6.07) is 22.3. The number of rotatable bonds is 4. The van der Waals surface area contributed by atoms with E-state index in [4.69, 9.17) is 4.74 Å². The number of aromatic nitrogens is 1. The number of ether oxygens (including phenoxy) is 1. The fraction of sp³-hybridized carbons (Fsp3) is 0.105. The fourth-order valence-electron chi connectivity index (χ4n) is 2.15. The first-order valence-electron chi connectivity index (χ1n) is 7.13. The van der Waals surface area contributed by atoms with Gasteiger partial charge >= 0.3 is 0 Å². The second-order valence-electron chi connectivity index (χ2n) is 4.85. The number of hydrogen-bond donors (Lipinski definition) is 0. The zero-order valence-electron chi connectivity index (χ0n) is 12.0. The van der Waals surface area contributed by atoms with Crippen molar-refractivity contribution < 1.29 is 4.74 Å². The van der Waals surface area contributed by atoms with Crippen molar-refractivity contribution in [2.75, 3.05) is 0 Å². The van der Waals surface area contributed by atoms with Crippen molar-refractivity contribution in [3.05, 3.63) is 78.5 Å². The Morgan fingerprint density at radius 3 is 2.14 bits per heavy atom. The van der Waals surface area contributed by atoms with Crippen molar-refractivity contribution in [2.45, 2.75) is 13.3 Å². The van der Waals surface area contributed by atoms with E-state index in [9.17, 15) is 0 Å². The fourth-order valence-corrected chi connectivity index (χ4v) is 2.15. The summed E-state index contributed by atoms with van der Waals surface area (Å²) >= 11 is 0. The molecule has 1 heterocycles. The molecule has 0 saturated heterocycles. The van der Waals surface area contributed by atoms with Crippen LogP contribution in [0.25, 0.3) is 11.1 Å². The largest absolute Gasteiger partial charge is 0.439 e. The van der Waals surface area contributed by atoms with Gasteiger partial charge in [-0.05, 0) is 35.2 Å². The third kappa shape index (κ3) is 3.29. The van der Waals surface area contributed by atoms with Crippen molar-refractivity contribution in [2.24, 2.45) is 0 Å². The van der Waals surface area contributed by atoms with Crippen LogP contribution in [0.15, 0.2) is 72.9 Å². The lowest BCUT2D eigenvalue weighted by molar-refractivity contribution is 0.462. The minimum atomic E-state index is 0.625. The van der Waals surface area contributed by atoms with Crippen LogP contribution in [0.2, 0.25) is 0 Å². The molecule has 104 valence electrons. The molecule has 1 aromatic heterocycles. The number of pyridine rings is 1. The lowest BCUT2D eigenvalue weighted by atomic mass is 10.1. The summed E-state index contributed by atoms with van der Waals surface area (Å²) in [5.41, 5.74) is 3.59. The Labute approximate surface area is 125 Å². The predicted octanol–water partition coefficient (Wildman–Crippen LogP) is 5.10. The number of hydrogen-bond acceptors (Lipinski definition) is 2. The van der Waals surface area contributed by atoms with Gasteiger partial charge in [0, 0.05) is 12.3 Å². The molecule has 2 heteroatoms. The molecule has 0 atom stereocenters. The van der Waals surface area contributed by atoms with E-state index in [0.717, 1.165) is 12.2 Å². The van der Waals surface area contributed by atoms with Gasteiger partial charge in [0.2, 0.25) is 5.88 Å². The highest BCUT2D eigenvalue weighted by Crippen LogP contribution is 2.24. The maximum Gasteiger partial charge on any atom is 0.219 e. The van der Waals surface area contributed by atoms with E-state index >= 15 is 0 Å². The first-order chi connectivity index (χ1) is 10.3. The van der Waals surface area contributed by atoms with Gasteiger partial charge in [-0.3, -0.25) is 0 Å². The van der Waals surface area contributed by atoms with Gasteiger partial charge in [-0.2, -0.15) is 0 Å². The summed E-state index contributed by atoms with van der Waals surface area (Å²) in [4.78, 5) is 4.30. The molecule has 3 rings (SSSR count). The first-order valence-corrected chi connectivity index (χ1v) is 7.13. The highest BCUT2D eigenvalue weighted by molar-refractivity contribution is 5.63. The SMILES string of the molecule is CCc1ccc(Oc2ccc(-c3ccccc3)cc2)nc1. The van der Waals surface area contributed by atoms with E-state index in [1.165, 1.54) is 16.7 Å². The highest BCUT2D eigenvalue weighted by atomic mass is 16.5. The van der Waals surface area contributed by atoms with Crippen molar-refractivity contribution in [3.8, 4) is 22.8 Å². The van der Waals surface area contributed by atoms with Crippen LogP contribution in [0.3, 0.4) is 0 Å². The van der Waals surface area contributed by atoms with Crippen LogP contribution in [0.1, 0.15) is 12.5 Å². The smallest absolute Gasteiger partial charge is 0.219 e. The zero-order valence-corrected chi connectivity index (χ0v) is 12.0. The molecule has 0 aliphatic carbocycles. The summed E-state index contributed by atoms with van der Waals surface area (Å²) in [6.07, 6.45) is 2.84. The van der Waals surface area contributed by atoms with Gasteiger partial charge in [-0.1, -0.05) is 55.5 Å². The van der Waals surface area contributed by atoms with Crippen molar-refractivity contribution in [1.29, 1.82) is 0 Å². The summed E-state index contributed by atoms with van der Waals surface area (Å²) < 4.78 is 5.76. The molecule has 21 heavy (non-hydrogen) atoms. The molecule has 0 N–H and O–H groups in total. The summed E-state index contributed by atoms with van der Waals surface area (Å²) in [5, 5.41) is 0. The second kappa shape index (κ2) is 6.23. The Morgan fingerprint density at radius 1 is 0.810 bits per heavy atom. The molecule has 0 spiro atoms. The zero-order chi connectivity index (χ0) is 14.5. The lowest BCUT2D eigenvalue weighted by Crippen LogP contribution is -1.89. The molecule has 0 aliphatic heterocycles. The third-order valence-corrected chi connectivity index (χ3v) is 3.39. The number of aryl methyl sites for hydroxylation is 1. The number of benzene rings is 2. The normalized spacial score (nSPS) is 10.3. The molecule has 0 radical (unpaired) electrons. The van der Waals surface area contributed by atoms with E-state index in [1.54, 1.807) is 0 Å². The van der Waals surface area contributed by atoms with Crippen molar-refractivity contribution in [1.82, 2.24) is 4.98 Å². The molecule has 0 aliphatic rings. The Bertz CT molecular complexity index is 688. The van der Waals surface area contributed by atoms with Gasteiger partial charge in [0.25, 0.3) is 0 Å². The minimum absolute atomic E-state index is 0.625. The van der Waals surface area contributed by atoms with Crippen LogP contribution in [-0.2, 0) is 6.42 Å². The molecule has 0 fully saturated rings. The third-order valence-electron chi connectivity index (χ3n) is 3.39. The molecule has 0 amide bonds. The predicted molar refractivity (Wildman–Crippen MR) is 85.6 cm³/mol. The molecule has 3 aromatic rings. The van der Waals surface area contributed by atoms with E-state index < -0.39 is 0 Å². The standard InChI is InChI=1S/C19H17NO/c1-2-15-8-13-19(20-14-15)21-18-11-9-17(10-12-18)16-6-4-3-5-7-16/h3-14H,2H2,1H3. The van der Waals surface area contributed by atoms with Gasteiger partial charge < -0.3 is 4.74 Å². The van der Waals surface area contributed by atoms with Gasteiger partial charge in [0.15, 0.2) is 0 Å². The maximum absolute atomic E-state index is 5.76. The summed E-state index contributed by atoms with van der Waals surface area (Å²) in [5.74, 6) is 1.42. The second-order valence-corrected chi connectivity index (χ2v) is 4.85.